The standard InChI is InChI=1S/C25H28N4O3/c30-24(16-18-1-2-18)29-12-8-22(9-13-29)32-21-5-3-20(4-6-21)25(31)27-17-19-7-11-28-14-10-26-23(28)15-19/h3-7,10-11,14-15,18,22H,1-2,8-9,12-13,16-17H2,(H,27,31). The minimum Gasteiger partial charge on any atom is -0.490 e. The molecule has 2 amide bonds. The van der Waals surface area contributed by atoms with Gasteiger partial charge in [0, 0.05) is 63.1 Å². The molecule has 3 aromatic rings. The molecule has 1 saturated heterocycles. The van der Waals surface area contributed by atoms with Crippen LogP contribution in [-0.4, -0.2) is 45.3 Å². The lowest BCUT2D eigenvalue weighted by molar-refractivity contribution is -0.133. The highest BCUT2D eigenvalue weighted by Crippen LogP contribution is 2.33. The van der Waals surface area contributed by atoms with Gasteiger partial charge in [0.15, 0.2) is 0 Å². The summed E-state index contributed by atoms with van der Waals surface area (Å²) in [5.74, 6) is 1.56. The fraction of sp³-hybridized carbons (Fsp3) is 0.400. The maximum Gasteiger partial charge on any atom is 0.251 e. The van der Waals surface area contributed by atoms with Crippen molar-refractivity contribution in [1.29, 1.82) is 0 Å². The van der Waals surface area contributed by atoms with Crippen LogP contribution in [0.25, 0.3) is 5.65 Å². The van der Waals surface area contributed by atoms with Crippen LogP contribution in [0.15, 0.2) is 55.0 Å². The fourth-order valence-electron chi connectivity index (χ4n) is 4.15. The van der Waals surface area contributed by atoms with Crippen molar-refractivity contribution in [3.63, 3.8) is 0 Å². The predicted octanol–water partition coefficient (Wildman–Crippen LogP) is 3.43. The van der Waals surface area contributed by atoms with Crippen LogP contribution in [0.1, 0.15) is 48.0 Å². The molecule has 0 spiro atoms. The Hall–Kier alpha value is -3.35. The summed E-state index contributed by atoms with van der Waals surface area (Å²) in [6.45, 7) is 1.97. The molecule has 1 aromatic carbocycles. The zero-order valence-electron chi connectivity index (χ0n) is 18.1. The number of pyridine rings is 1. The molecular weight excluding hydrogens is 404 g/mol. The average molecular weight is 433 g/mol. The number of rotatable bonds is 7. The summed E-state index contributed by atoms with van der Waals surface area (Å²) in [6.07, 6.45) is 10.5. The number of amides is 2. The van der Waals surface area contributed by atoms with E-state index in [1.165, 1.54) is 12.8 Å². The van der Waals surface area contributed by atoms with E-state index >= 15 is 0 Å². The van der Waals surface area contributed by atoms with Crippen LogP contribution in [0.5, 0.6) is 5.75 Å². The maximum atomic E-state index is 12.5. The highest BCUT2D eigenvalue weighted by atomic mass is 16.5. The van der Waals surface area contributed by atoms with Gasteiger partial charge in [0.2, 0.25) is 5.91 Å². The van der Waals surface area contributed by atoms with Gasteiger partial charge in [0.25, 0.3) is 5.91 Å². The molecule has 2 aromatic heterocycles. The third-order valence-corrected chi connectivity index (χ3v) is 6.29. The number of ether oxygens (including phenoxy) is 1. The first-order valence-corrected chi connectivity index (χ1v) is 11.4. The van der Waals surface area contributed by atoms with E-state index in [4.69, 9.17) is 4.74 Å². The molecular formula is C25H28N4O3. The lowest BCUT2D eigenvalue weighted by atomic mass is 10.1. The summed E-state index contributed by atoms with van der Waals surface area (Å²) in [5.41, 5.74) is 2.45. The third kappa shape index (κ3) is 4.93. The Balaban J connectivity index is 1.09. The summed E-state index contributed by atoms with van der Waals surface area (Å²) in [6, 6.07) is 11.2. The summed E-state index contributed by atoms with van der Waals surface area (Å²) >= 11 is 0. The highest BCUT2D eigenvalue weighted by Gasteiger charge is 2.29. The number of benzene rings is 1. The number of piperidine rings is 1. The molecule has 1 N–H and O–H groups in total. The van der Waals surface area contributed by atoms with Crippen LogP contribution in [0.3, 0.4) is 0 Å². The minimum absolute atomic E-state index is 0.109. The predicted molar refractivity (Wildman–Crippen MR) is 120 cm³/mol. The van der Waals surface area contributed by atoms with E-state index < -0.39 is 0 Å². The molecule has 1 aliphatic carbocycles. The quantitative estimate of drug-likeness (QED) is 0.621. The largest absolute Gasteiger partial charge is 0.490 e. The fourth-order valence-corrected chi connectivity index (χ4v) is 4.15. The number of likely N-dealkylation sites (tertiary alicyclic amines) is 1. The molecule has 0 bridgehead atoms. The number of nitrogens with zero attached hydrogens (tertiary/aromatic N) is 3. The van der Waals surface area contributed by atoms with E-state index in [1.54, 1.807) is 18.3 Å². The molecule has 5 rings (SSSR count). The first kappa shape index (κ1) is 20.5. The summed E-state index contributed by atoms with van der Waals surface area (Å²) in [7, 11) is 0. The Morgan fingerprint density at radius 1 is 1.03 bits per heavy atom. The summed E-state index contributed by atoms with van der Waals surface area (Å²) in [4.78, 5) is 31.0. The third-order valence-electron chi connectivity index (χ3n) is 6.29. The normalized spacial score (nSPS) is 16.8. The van der Waals surface area contributed by atoms with E-state index in [0.717, 1.165) is 42.9 Å². The Kier molecular flexibility index (Phi) is 5.79. The second-order valence-electron chi connectivity index (χ2n) is 8.78. The van der Waals surface area contributed by atoms with Crippen molar-refractivity contribution in [2.75, 3.05) is 13.1 Å². The number of nitrogens with one attached hydrogen (secondary N) is 1. The van der Waals surface area contributed by atoms with Crippen LogP contribution in [0.4, 0.5) is 0 Å². The number of fused-ring (bicyclic) bond motifs is 1. The Morgan fingerprint density at radius 2 is 1.81 bits per heavy atom. The molecule has 7 heteroatoms. The number of hydrogen-bond donors (Lipinski definition) is 1. The lowest BCUT2D eigenvalue weighted by Gasteiger charge is -2.32. The topological polar surface area (TPSA) is 75.9 Å². The number of carbonyl (C=O) groups is 2. The highest BCUT2D eigenvalue weighted by molar-refractivity contribution is 5.94. The van der Waals surface area contributed by atoms with Crippen molar-refractivity contribution in [1.82, 2.24) is 19.6 Å². The first-order valence-electron chi connectivity index (χ1n) is 11.4. The molecule has 1 aliphatic heterocycles. The van der Waals surface area contributed by atoms with E-state index in [1.807, 2.05) is 46.0 Å². The van der Waals surface area contributed by atoms with Gasteiger partial charge in [-0.1, -0.05) is 0 Å². The second kappa shape index (κ2) is 9.02. The van der Waals surface area contributed by atoms with Gasteiger partial charge >= 0.3 is 0 Å². The maximum absolute atomic E-state index is 12.5. The van der Waals surface area contributed by atoms with Gasteiger partial charge in [0.05, 0.1) is 0 Å². The summed E-state index contributed by atoms with van der Waals surface area (Å²) < 4.78 is 8.03. The van der Waals surface area contributed by atoms with Crippen molar-refractivity contribution in [2.45, 2.75) is 44.8 Å². The second-order valence-corrected chi connectivity index (χ2v) is 8.78. The molecule has 0 radical (unpaired) electrons. The molecule has 0 atom stereocenters. The molecule has 0 unspecified atom stereocenters. The smallest absolute Gasteiger partial charge is 0.251 e. The molecule has 166 valence electrons. The van der Waals surface area contributed by atoms with Gasteiger partial charge in [-0.2, -0.15) is 0 Å². The zero-order valence-corrected chi connectivity index (χ0v) is 18.1. The van der Waals surface area contributed by atoms with E-state index in [0.29, 0.717) is 30.4 Å². The zero-order chi connectivity index (χ0) is 21.9. The van der Waals surface area contributed by atoms with Gasteiger partial charge in [-0.05, 0) is 60.7 Å². The van der Waals surface area contributed by atoms with E-state index in [2.05, 4.69) is 10.3 Å². The Morgan fingerprint density at radius 3 is 2.56 bits per heavy atom. The lowest BCUT2D eigenvalue weighted by Crippen LogP contribution is -2.41. The van der Waals surface area contributed by atoms with Gasteiger partial charge < -0.3 is 19.4 Å². The molecule has 2 fully saturated rings. The number of carbonyl (C=O) groups excluding carboxylic acids is 2. The molecule has 3 heterocycles. The van der Waals surface area contributed by atoms with Crippen LogP contribution >= 0.6 is 0 Å². The van der Waals surface area contributed by atoms with Crippen molar-refractivity contribution in [3.8, 4) is 5.75 Å². The first-order chi connectivity index (χ1) is 15.6. The van der Waals surface area contributed by atoms with Crippen molar-refractivity contribution < 1.29 is 14.3 Å². The van der Waals surface area contributed by atoms with Crippen LogP contribution < -0.4 is 10.1 Å². The number of hydrogen-bond acceptors (Lipinski definition) is 4. The van der Waals surface area contributed by atoms with Crippen molar-refractivity contribution in [3.05, 3.63) is 66.1 Å². The van der Waals surface area contributed by atoms with Gasteiger partial charge in [-0.15, -0.1) is 0 Å². The Labute approximate surface area is 187 Å². The van der Waals surface area contributed by atoms with Gasteiger partial charge in [-0.3, -0.25) is 9.59 Å². The van der Waals surface area contributed by atoms with Crippen LogP contribution in [0.2, 0.25) is 0 Å². The van der Waals surface area contributed by atoms with Crippen LogP contribution in [0, 0.1) is 5.92 Å². The number of imidazole rings is 1. The average Bonchev–Trinajstić information content (AvgIpc) is 3.51. The molecule has 2 aliphatic rings. The van der Waals surface area contributed by atoms with Gasteiger partial charge in [0.1, 0.15) is 17.5 Å². The van der Waals surface area contributed by atoms with Crippen molar-refractivity contribution >= 4 is 17.5 Å². The SMILES string of the molecule is O=C(NCc1ccn2ccnc2c1)c1ccc(OC2CCN(C(=O)CC3CC3)CC2)cc1. The van der Waals surface area contributed by atoms with Crippen LogP contribution in [-0.2, 0) is 11.3 Å². The Bertz CT molecular complexity index is 1100. The van der Waals surface area contributed by atoms with Gasteiger partial charge in [-0.25, -0.2) is 4.98 Å². The van der Waals surface area contributed by atoms with Crippen molar-refractivity contribution in [2.24, 2.45) is 5.92 Å². The molecule has 1 saturated carbocycles. The van der Waals surface area contributed by atoms with E-state index in [9.17, 15) is 9.59 Å². The molecule has 32 heavy (non-hydrogen) atoms. The molecule has 7 nitrogen and oxygen atoms in total. The number of aromatic nitrogens is 2. The summed E-state index contributed by atoms with van der Waals surface area (Å²) in [5, 5.41) is 2.95. The van der Waals surface area contributed by atoms with E-state index in [-0.39, 0.29) is 12.0 Å². The minimum atomic E-state index is -0.123. The monoisotopic (exact) mass is 432 g/mol.